The lowest BCUT2D eigenvalue weighted by atomic mass is 9.62. The molecule has 3 rings (SSSR count). The summed E-state index contributed by atoms with van der Waals surface area (Å²) in [6, 6.07) is 9.55. The highest BCUT2D eigenvalue weighted by molar-refractivity contribution is 5.80. The van der Waals surface area contributed by atoms with Crippen LogP contribution >= 0.6 is 0 Å². The molecule has 23 heavy (non-hydrogen) atoms. The van der Waals surface area contributed by atoms with E-state index in [9.17, 15) is 14.7 Å². The van der Waals surface area contributed by atoms with Gasteiger partial charge in [-0.15, -0.1) is 0 Å². The van der Waals surface area contributed by atoms with Gasteiger partial charge in [-0.3, -0.25) is 4.79 Å². The topological polar surface area (TPSA) is 66.8 Å². The van der Waals surface area contributed by atoms with Gasteiger partial charge in [0.15, 0.2) is 0 Å². The SMILES string of the molecule is O=C(OCc1ccccc1)N1CC=C(C2(C(=O)O)CCC2)CC1. The van der Waals surface area contributed by atoms with Gasteiger partial charge in [-0.2, -0.15) is 0 Å². The van der Waals surface area contributed by atoms with Crippen molar-refractivity contribution >= 4 is 12.1 Å². The van der Waals surface area contributed by atoms with E-state index in [0.717, 1.165) is 17.6 Å². The average Bonchev–Trinajstić information content (AvgIpc) is 2.53. The van der Waals surface area contributed by atoms with Gasteiger partial charge in [0.05, 0.1) is 5.41 Å². The highest BCUT2D eigenvalue weighted by Gasteiger charge is 2.47. The van der Waals surface area contributed by atoms with Crippen LogP contribution in [0.4, 0.5) is 4.79 Å². The summed E-state index contributed by atoms with van der Waals surface area (Å²) in [7, 11) is 0. The molecule has 1 aromatic carbocycles. The zero-order valence-corrected chi connectivity index (χ0v) is 13.0. The molecular weight excluding hydrogens is 294 g/mol. The lowest BCUT2D eigenvalue weighted by molar-refractivity contribution is -0.151. The standard InChI is InChI=1S/C18H21NO4/c20-16(21)18(9-4-10-18)15-7-11-19(12-8-15)17(22)23-13-14-5-2-1-3-6-14/h1-3,5-7H,4,8-13H2,(H,20,21). The number of amides is 1. The zero-order valence-electron chi connectivity index (χ0n) is 13.0. The third-order valence-electron chi connectivity index (χ3n) is 4.90. The predicted octanol–water partition coefficient (Wildman–Crippen LogP) is 3.21. The van der Waals surface area contributed by atoms with Crippen LogP contribution in [0.2, 0.25) is 0 Å². The number of benzene rings is 1. The Hall–Kier alpha value is -2.30. The van der Waals surface area contributed by atoms with Gasteiger partial charge < -0.3 is 14.7 Å². The second kappa shape index (κ2) is 6.44. The van der Waals surface area contributed by atoms with Gasteiger partial charge in [0.2, 0.25) is 0 Å². The normalized spacial score (nSPS) is 19.5. The van der Waals surface area contributed by atoms with Gasteiger partial charge in [-0.1, -0.05) is 48.4 Å². The maximum atomic E-state index is 12.1. The number of rotatable bonds is 4. The van der Waals surface area contributed by atoms with Crippen LogP contribution < -0.4 is 0 Å². The molecule has 5 heteroatoms. The summed E-state index contributed by atoms with van der Waals surface area (Å²) in [5, 5.41) is 9.48. The molecule has 1 aliphatic carbocycles. The van der Waals surface area contributed by atoms with E-state index in [1.54, 1.807) is 4.90 Å². The van der Waals surface area contributed by atoms with Crippen molar-refractivity contribution in [3.8, 4) is 0 Å². The van der Waals surface area contributed by atoms with E-state index in [-0.39, 0.29) is 12.7 Å². The second-order valence-electron chi connectivity index (χ2n) is 6.21. The van der Waals surface area contributed by atoms with Crippen molar-refractivity contribution in [2.45, 2.75) is 32.3 Å². The van der Waals surface area contributed by atoms with E-state index < -0.39 is 11.4 Å². The zero-order chi connectivity index (χ0) is 16.3. The fourth-order valence-electron chi connectivity index (χ4n) is 3.28. The van der Waals surface area contributed by atoms with Crippen molar-refractivity contribution in [3.63, 3.8) is 0 Å². The van der Waals surface area contributed by atoms with E-state index in [1.807, 2.05) is 36.4 Å². The summed E-state index contributed by atoms with van der Waals surface area (Å²) >= 11 is 0. The Morgan fingerprint density at radius 3 is 2.48 bits per heavy atom. The van der Waals surface area contributed by atoms with Crippen LogP contribution in [-0.2, 0) is 16.1 Å². The number of ether oxygens (including phenoxy) is 1. The number of carbonyl (C=O) groups excluding carboxylic acids is 1. The minimum atomic E-state index is -0.727. The Labute approximate surface area is 135 Å². The lowest BCUT2D eigenvalue weighted by Gasteiger charge is -2.42. The Morgan fingerprint density at radius 1 is 1.22 bits per heavy atom. The Balaban J connectivity index is 1.55. The third-order valence-corrected chi connectivity index (χ3v) is 4.90. The summed E-state index contributed by atoms with van der Waals surface area (Å²) in [6.45, 7) is 1.21. The summed E-state index contributed by atoms with van der Waals surface area (Å²) in [6.07, 6.45) is 4.57. The molecule has 2 aliphatic rings. The number of nitrogens with zero attached hydrogens (tertiary/aromatic N) is 1. The first-order chi connectivity index (χ1) is 11.1. The van der Waals surface area contributed by atoms with Crippen LogP contribution in [0.1, 0.15) is 31.2 Å². The van der Waals surface area contributed by atoms with E-state index in [2.05, 4.69) is 0 Å². The van der Waals surface area contributed by atoms with Gasteiger partial charge in [0, 0.05) is 13.1 Å². The Morgan fingerprint density at radius 2 is 1.96 bits per heavy atom. The van der Waals surface area contributed by atoms with Gasteiger partial charge in [-0.25, -0.2) is 4.79 Å². The molecule has 5 nitrogen and oxygen atoms in total. The number of carbonyl (C=O) groups is 2. The molecule has 0 saturated heterocycles. The predicted molar refractivity (Wildman–Crippen MR) is 84.8 cm³/mol. The van der Waals surface area contributed by atoms with E-state index >= 15 is 0 Å². The van der Waals surface area contributed by atoms with Crippen LogP contribution in [0.15, 0.2) is 42.0 Å². The van der Waals surface area contributed by atoms with Crippen molar-refractivity contribution in [1.29, 1.82) is 0 Å². The van der Waals surface area contributed by atoms with Crippen LogP contribution in [0.25, 0.3) is 0 Å². The first-order valence-corrected chi connectivity index (χ1v) is 8.00. The fraction of sp³-hybridized carbons (Fsp3) is 0.444. The molecule has 1 aliphatic heterocycles. The van der Waals surface area contributed by atoms with Crippen molar-refractivity contribution in [1.82, 2.24) is 4.90 Å². The summed E-state index contributed by atoms with van der Waals surface area (Å²) < 4.78 is 5.32. The van der Waals surface area contributed by atoms with Crippen molar-refractivity contribution in [2.75, 3.05) is 13.1 Å². The number of aliphatic carboxylic acids is 1. The molecule has 122 valence electrons. The maximum Gasteiger partial charge on any atom is 0.410 e. The van der Waals surface area contributed by atoms with Crippen LogP contribution in [0.3, 0.4) is 0 Å². The molecular formula is C18H21NO4. The second-order valence-corrected chi connectivity index (χ2v) is 6.21. The Kier molecular flexibility index (Phi) is 4.37. The maximum absolute atomic E-state index is 12.1. The smallest absolute Gasteiger partial charge is 0.410 e. The molecule has 0 aromatic heterocycles. The van der Waals surface area contributed by atoms with Crippen LogP contribution in [0, 0.1) is 5.41 Å². The van der Waals surface area contributed by atoms with Gasteiger partial charge >= 0.3 is 12.1 Å². The van der Waals surface area contributed by atoms with Gasteiger partial charge in [-0.05, 0) is 24.8 Å². The highest BCUT2D eigenvalue weighted by Crippen LogP contribution is 2.49. The van der Waals surface area contributed by atoms with Crippen LogP contribution in [-0.4, -0.2) is 35.2 Å². The molecule has 1 heterocycles. The van der Waals surface area contributed by atoms with Gasteiger partial charge in [0.1, 0.15) is 6.61 Å². The van der Waals surface area contributed by atoms with Crippen molar-refractivity contribution in [3.05, 3.63) is 47.5 Å². The quantitative estimate of drug-likeness (QED) is 0.866. The number of hydrogen-bond acceptors (Lipinski definition) is 3. The number of carboxylic acid groups (broad SMARTS) is 1. The van der Waals surface area contributed by atoms with E-state index in [1.165, 1.54) is 0 Å². The minimum absolute atomic E-state index is 0.256. The first kappa shape index (κ1) is 15.6. The largest absolute Gasteiger partial charge is 0.481 e. The first-order valence-electron chi connectivity index (χ1n) is 8.00. The molecule has 1 amide bonds. The molecule has 1 N–H and O–H groups in total. The molecule has 1 saturated carbocycles. The monoisotopic (exact) mass is 315 g/mol. The number of carboxylic acids is 1. The molecule has 0 bridgehead atoms. The molecule has 0 atom stereocenters. The highest BCUT2D eigenvalue weighted by atomic mass is 16.6. The minimum Gasteiger partial charge on any atom is -0.481 e. The molecule has 0 unspecified atom stereocenters. The lowest BCUT2D eigenvalue weighted by Crippen LogP contribution is -2.44. The fourth-order valence-corrected chi connectivity index (χ4v) is 3.28. The van der Waals surface area contributed by atoms with Crippen LogP contribution in [0.5, 0.6) is 0 Å². The molecule has 0 radical (unpaired) electrons. The molecule has 1 fully saturated rings. The summed E-state index contributed by atoms with van der Waals surface area (Å²) in [5.41, 5.74) is 1.26. The third kappa shape index (κ3) is 3.09. The Bertz CT molecular complexity index is 619. The van der Waals surface area contributed by atoms with E-state index in [0.29, 0.717) is 32.4 Å². The summed E-state index contributed by atoms with van der Waals surface area (Å²) in [4.78, 5) is 25.3. The summed E-state index contributed by atoms with van der Waals surface area (Å²) in [5.74, 6) is -0.727. The molecule has 1 aromatic rings. The average molecular weight is 315 g/mol. The number of hydrogen-bond donors (Lipinski definition) is 1. The van der Waals surface area contributed by atoms with Crippen molar-refractivity contribution in [2.24, 2.45) is 5.41 Å². The van der Waals surface area contributed by atoms with E-state index in [4.69, 9.17) is 4.74 Å². The van der Waals surface area contributed by atoms with Gasteiger partial charge in [0.25, 0.3) is 0 Å². The van der Waals surface area contributed by atoms with Crippen molar-refractivity contribution < 1.29 is 19.4 Å². The molecule has 0 spiro atoms.